The maximum atomic E-state index is 12.7. The molecule has 0 rings (SSSR count). The van der Waals surface area contributed by atoms with Crippen LogP contribution >= 0.6 is 7.82 Å². The van der Waals surface area contributed by atoms with E-state index >= 15 is 0 Å². The van der Waals surface area contributed by atoms with Gasteiger partial charge in [-0.1, -0.05) is 186 Å². The van der Waals surface area contributed by atoms with Gasteiger partial charge in [0.1, 0.15) is 12.2 Å². The molecule has 10 heteroatoms. The number of hydrogen-bond donors (Lipinski definition) is 3. The topological polar surface area (TPSA) is 132 Å². The molecule has 0 amide bonds. The molecule has 3 N–H and O–H groups in total. The average molecular weight is 845 g/mol. The lowest BCUT2D eigenvalue weighted by Gasteiger charge is -2.20. The summed E-state index contributed by atoms with van der Waals surface area (Å²) in [6.07, 6.45) is 48.5. The molecule has 0 bridgehead atoms. The number of aliphatic hydroxyl groups excluding tert-OH is 2. The van der Waals surface area contributed by atoms with E-state index in [1.165, 1.54) is 161 Å². The second-order valence-electron chi connectivity index (χ2n) is 16.5. The number of rotatable bonds is 47. The summed E-state index contributed by atoms with van der Waals surface area (Å²) in [6, 6.07) is 0. The number of ether oxygens (including phenoxy) is 2. The van der Waals surface area contributed by atoms with E-state index in [1.807, 2.05) is 0 Å². The molecule has 0 aromatic rings. The minimum absolute atomic E-state index is 0.0484. The van der Waals surface area contributed by atoms with Crippen LogP contribution in [0.5, 0.6) is 0 Å². The van der Waals surface area contributed by atoms with Crippen LogP contribution < -0.4 is 0 Å². The molecule has 0 saturated carbocycles. The first-order valence-electron chi connectivity index (χ1n) is 24.3. The van der Waals surface area contributed by atoms with Crippen LogP contribution in [0.4, 0.5) is 0 Å². The van der Waals surface area contributed by atoms with Crippen LogP contribution in [0.3, 0.4) is 0 Å². The average Bonchev–Trinajstić information content (AvgIpc) is 3.21. The lowest BCUT2D eigenvalue weighted by atomic mass is 10.1. The van der Waals surface area contributed by atoms with Gasteiger partial charge >= 0.3 is 13.8 Å². The van der Waals surface area contributed by atoms with Crippen molar-refractivity contribution >= 4 is 13.8 Å². The lowest BCUT2D eigenvalue weighted by Crippen LogP contribution is -2.29. The van der Waals surface area contributed by atoms with Crippen LogP contribution in [-0.4, -0.2) is 66.3 Å². The van der Waals surface area contributed by atoms with Gasteiger partial charge in [0.15, 0.2) is 0 Å². The first-order valence-corrected chi connectivity index (χ1v) is 25.8. The maximum absolute atomic E-state index is 12.7. The minimum Gasteiger partial charge on any atom is -0.457 e. The fourth-order valence-corrected chi connectivity index (χ4v) is 7.67. The molecule has 3 atom stereocenters. The van der Waals surface area contributed by atoms with Crippen molar-refractivity contribution in [2.24, 2.45) is 0 Å². The van der Waals surface area contributed by atoms with Gasteiger partial charge in [0, 0.05) is 13.0 Å². The van der Waals surface area contributed by atoms with Crippen molar-refractivity contribution in [3.05, 3.63) is 24.3 Å². The highest BCUT2D eigenvalue weighted by molar-refractivity contribution is 7.47. The van der Waals surface area contributed by atoms with E-state index in [0.717, 1.165) is 51.4 Å². The molecule has 9 nitrogen and oxygen atoms in total. The number of hydrogen-bond acceptors (Lipinski definition) is 8. The Kier molecular flexibility index (Phi) is 44.6. The Hall–Kier alpha value is -1.06. The third-order valence-corrected chi connectivity index (χ3v) is 11.6. The SMILES string of the molecule is CCCCCCCCC/C=C\CCCCCCCCCCOCC(COP(=O)(O)OCC(O)CO)OC(=O)CCCCCCCCC/C=C\CCCCCCCCC. The largest absolute Gasteiger partial charge is 0.472 e. The van der Waals surface area contributed by atoms with E-state index in [1.54, 1.807) is 0 Å². The molecule has 0 spiro atoms. The third-order valence-electron chi connectivity index (χ3n) is 10.6. The standard InChI is InChI=1S/C48H93O9P/c1-3-5-7-9-11-13-15-17-19-21-23-25-27-29-31-33-35-37-39-41-54-44-47(45-56-58(52,53)55-43-46(50)42-49)57-48(51)40-38-36-34-32-30-28-26-24-22-20-18-16-14-12-10-8-6-4-2/h19-22,46-47,49-50H,3-18,23-45H2,1-2H3,(H,52,53)/b21-19-,22-20-. The zero-order chi connectivity index (χ0) is 42.5. The highest BCUT2D eigenvalue weighted by Crippen LogP contribution is 2.43. The minimum atomic E-state index is -4.52. The Morgan fingerprint density at radius 2 is 0.879 bits per heavy atom. The first-order chi connectivity index (χ1) is 28.3. The monoisotopic (exact) mass is 845 g/mol. The van der Waals surface area contributed by atoms with Gasteiger partial charge in [-0.3, -0.25) is 13.8 Å². The van der Waals surface area contributed by atoms with E-state index in [0.29, 0.717) is 6.61 Å². The maximum Gasteiger partial charge on any atom is 0.472 e. The van der Waals surface area contributed by atoms with Crippen molar-refractivity contribution < 1.29 is 43.0 Å². The molecule has 0 aromatic carbocycles. The molecule has 344 valence electrons. The number of phosphoric ester groups is 1. The summed E-state index contributed by atoms with van der Waals surface area (Å²) in [6.45, 7) is 3.54. The van der Waals surface area contributed by atoms with Gasteiger partial charge in [0.25, 0.3) is 0 Å². The molecule has 0 heterocycles. The number of carbonyl (C=O) groups is 1. The fourth-order valence-electron chi connectivity index (χ4n) is 6.88. The number of aliphatic hydroxyl groups is 2. The molecule has 0 fully saturated rings. The molecule has 0 aliphatic heterocycles. The van der Waals surface area contributed by atoms with Crippen molar-refractivity contribution in [1.82, 2.24) is 0 Å². The Morgan fingerprint density at radius 1 is 0.517 bits per heavy atom. The summed E-state index contributed by atoms with van der Waals surface area (Å²) in [7, 11) is -4.52. The zero-order valence-corrected chi connectivity index (χ0v) is 38.7. The molecular formula is C48H93O9P. The Bertz CT molecular complexity index is 959. The van der Waals surface area contributed by atoms with E-state index < -0.39 is 33.2 Å². The summed E-state index contributed by atoms with van der Waals surface area (Å²) in [5, 5.41) is 18.4. The van der Waals surface area contributed by atoms with Gasteiger partial charge in [-0.2, -0.15) is 0 Å². The highest BCUT2D eigenvalue weighted by Gasteiger charge is 2.26. The normalized spacial score (nSPS) is 14.1. The summed E-state index contributed by atoms with van der Waals surface area (Å²) >= 11 is 0. The van der Waals surface area contributed by atoms with Gasteiger partial charge in [0.2, 0.25) is 0 Å². The van der Waals surface area contributed by atoms with Crippen LogP contribution in [0.2, 0.25) is 0 Å². The predicted octanol–water partition coefficient (Wildman–Crippen LogP) is 13.8. The van der Waals surface area contributed by atoms with E-state index in [9.17, 15) is 19.4 Å². The van der Waals surface area contributed by atoms with Gasteiger partial charge in [-0.05, 0) is 64.2 Å². The number of allylic oxidation sites excluding steroid dienone is 4. The number of carbonyl (C=O) groups excluding carboxylic acids is 1. The van der Waals surface area contributed by atoms with E-state index in [4.69, 9.17) is 23.6 Å². The second-order valence-corrected chi connectivity index (χ2v) is 17.9. The molecule has 0 aliphatic rings. The number of phosphoric acid groups is 1. The quantitative estimate of drug-likeness (QED) is 0.0237. The van der Waals surface area contributed by atoms with Crippen LogP contribution in [-0.2, 0) is 27.9 Å². The fraction of sp³-hybridized carbons (Fsp3) is 0.896. The van der Waals surface area contributed by atoms with Gasteiger partial charge in [0.05, 0.1) is 26.4 Å². The Balaban J connectivity index is 4.10. The molecule has 0 saturated heterocycles. The summed E-state index contributed by atoms with van der Waals surface area (Å²) < 4.78 is 33.5. The second kappa shape index (κ2) is 45.5. The summed E-state index contributed by atoms with van der Waals surface area (Å²) in [5.41, 5.74) is 0. The molecular weight excluding hydrogens is 751 g/mol. The Morgan fingerprint density at radius 3 is 1.29 bits per heavy atom. The van der Waals surface area contributed by atoms with Crippen LogP contribution in [0.1, 0.15) is 232 Å². The van der Waals surface area contributed by atoms with Crippen LogP contribution in [0, 0.1) is 0 Å². The third kappa shape index (κ3) is 44.5. The lowest BCUT2D eigenvalue weighted by molar-refractivity contribution is -0.154. The van der Waals surface area contributed by atoms with E-state index in [-0.39, 0.29) is 25.6 Å². The van der Waals surface area contributed by atoms with Crippen molar-refractivity contribution in [3.63, 3.8) is 0 Å². The van der Waals surface area contributed by atoms with Crippen molar-refractivity contribution in [1.29, 1.82) is 0 Å². The highest BCUT2D eigenvalue weighted by atomic mass is 31.2. The molecule has 3 unspecified atom stereocenters. The molecule has 58 heavy (non-hydrogen) atoms. The first kappa shape index (κ1) is 56.9. The summed E-state index contributed by atoms with van der Waals surface area (Å²) in [5.74, 6) is -0.385. The summed E-state index contributed by atoms with van der Waals surface area (Å²) in [4.78, 5) is 22.6. The van der Waals surface area contributed by atoms with Crippen molar-refractivity contribution in [2.75, 3.05) is 33.0 Å². The number of esters is 1. The van der Waals surface area contributed by atoms with Crippen LogP contribution in [0.25, 0.3) is 0 Å². The Labute approximate surface area is 357 Å². The van der Waals surface area contributed by atoms with Gasteiger partial charge in [-0.25, -0.2) is 4.57 Å². The predicted molar refractivity (Wildman–Crippen MR) is 242 cm³/mol. The van der Waals surface area contributed by atoms with Crippen molar-refractivity contribution in [3.8, 4) is 0 Å². The smallest absolute Gasteiger partial charge is 0.457 e. The number of unbranched alkanes of at least 4 members (excludes halogenated alkanes) is 29. The molecule has 0 aliphatic carbocycles. The van der Waals surface area contributed by atoms with Gasteiger partial charge in [-0.15, -0.1) is 0 Å². The van der Waals surface area contributed by atoms with Crippen LogP contribution in [0.15, 0.2) is 24.3 Å². The van der Waals surface area contributed by atoms with Gasteiger partial charge < -0.3 is 24.6 Å². The van der Waals surface area contributed by atoms with Crippen molar-refractivity contribution in [2.45, 2.75) is 244 Å². The zero-order valence-electron chi connectivity index (χ0n) is 37.8. The molecule has 0 aromatic heterocycles. The molecule has 0 radical (unpaired) electrons. The van der Waals surface area contributed by atoms with E-state index in [2.05, 4.69) is 38.2 Å².